The number of carbonyl (C=O) groups is 1. The highest BCUT2D eigenvalue weighted by atomic mass is 79.9. The normalized spacial score (nSPS) is 11.1. The Hall–Kier alpha value is -2.02. The van der Waals surface area contributed by atoms with Gasteiger partial charge in [0.1, 0.15) is 5.75 Å². The summed E-state index contributed by atoms with van der Waals surface area (Å²) >= 11 is 3.32. The van der Waals surface area contributed by atoms with E-state index >= 15 is 0 Å². The fourth-order valence-electron chi connectivity index (χ4n) is 1.77. The van der Waals surface area contributed by atoms with Crippen molar-refractivity contribution < 1.29 is 22.7 Å². The molecule has 0 spiro atoms. The van der Waals surface area contributed by atoms with Crippen molar-refractivity contribution in [2.45, 2.75) is 13.3 Å². The molecule has 0 aliphatic heterocycles. The molecular formula is C15H11BrF3NO2. The molecule has 1 amide bonds. The number of aryl methyl sites for hydroxylation is 1. The van der Waals surface area contributed by atoms with Crippen LogP contribution in [0.25, 0.3) is 0 Å². The van der Waals surface area contributed by atoms with E-state index in [0.717, 1.165) is 22.2 Å². The number of hydrogen-bond donors (Lipinski definition) is 1. The minimum atomic E-state index is -4.75. The second-order valence-electron chi connectivity index (χ2n) is 4.49. The summed E-state index contributed by atoms with van der Waals surface area (Å²) in [6.45, 7) is 1.83. The van der Waals surface area contributed by atoms with Crippen LogP contribution in [-0.4, -0.2) is 12.3 Å². The minimum absolute atomic E-state index is 0.233. The molecule has 0 bridgehead atoms. The molecule has 116 valence electrons. The Kier molecular flexibility index (Phi) is 4.75. The van der Waals surface area contributed by atoms with Gasteiger partial charge in [-0.25, -0.2) is 0 Å². The fraction of sp³-hybridized carbons (Fsp3) is 0.133. The SMILES string of the molecule is Cc1cc(Br)ccc1NC(=O)c1ccc(OC(F)(F)F)cc1. The summed E-state index contributed by atoms with van der Waals surface area (Å²) in [5.74, 6) is -0.784. The zero-order chi connectivity index (χ0) is 16.3. The van der Waals surface area contributed by atoms with E-state index < -0.39 is 12.3 Å². The predicted molar refractivity (Wildman–Crippen MR) is 80.0 cm³/mol. The Bertz CT molecular complexity index is 684. The van der Waals surface area contributed by atoms with E-state index in [2.05, 4.69) is 26.0 Å². The molecule has 0 aromatic heterocycles. The summed E-state index contributed by atoms with van der Waals surface area (Å²) in [5.41, 5.74) is 1.72. The van der Waals surface area contributed by atoms with Gasteiger partial charge in [0.05, 0.1) is 0 Å². The van der Waals surface area contributed by atoms with E-state index in [-0.39, 0.29) is 11.3 Å². The number of halogens is 4. The van der Waals surface area contributed by atoms with Gasteiger partial charge in [-0.2, -0.15) is 0 Å². The molecule has 3 nitrogen and oxygen atoms in total. The molecule has 0 aliphatic rings. The van der Waals surface area contributed by atoms with Crippen LogP contribution in [0.1, 0.15) is 15.9 Å². The zero-order valence-corrected chi connectivity index (χ0v) is 13.0. The highest BCUT2D eigenvalue weighted by molar-refractivity contribution is 9.10. The van der Waals surface area contributed by atoms with Gasteiger partial charge in [-0.3, -0.25) is 4.79 Å². The average molecular weight is 374 g/mol. The molecule has 1 N–H and O–H groups in total. The maximum absolute atomic E-state index is 12.1. The molecule has 0 heterocycles. The zero-order valence-electron chi connectivity index (χ0n) is 11.4. The van der Waals surface area contributed by atoms with Gasteiger partial charge in [-0.05, 0) is 55.0 Å². The standard InChI is InChI=1S/C15H11BrF3NO2/c1-9-8-11(16)4-7-13(9)20-14(21)10-2-5-12(6-3-10)22-15(17,18)19/h2-8H,1H3,(H,20,21). The second-order valence-corrected chi connectivity index (χ2v) is 5.40. The van der Waals surface area contributed by atoms with E-state index in [0.29, 0.717) is 5.69 Å². The molecule has 0 saturated heterocycles. The largest absolute Gasteiger partial charge is 0.573 e. The van der Waals surface area contributed by atoms with Crippen LogP contribution >= 0.6 is 15.9 Å². The Morgan fingerprint density at radius 3 is 2.32 bits per heavy atom. The Labute approximate surface area is 133 Å². The maximum atomic E-state index is 12.1. The molecule has 2 aromatic rings. The lowest BCUT2D eigenvalue weighted by Crippen LogP contribution is -2.17. The number of hydrogen-bond acceptors (Lipinski definition) is 2. The first-order valence-corrected chi connectivity index (χ1v) is 6.97. The van der Waals surface area contributed by atoms with Crippen molar-refractivity contribution >= 4 is 27.5 Å². The summed E-state index contributed by atoms with van der Waals surface area (Å²) in [4.78, 5) is 12.1. The molecule has 0 atom stereocenters. The lowest BCUT2D eigenvalue weighted by molar-refractivity contribution is -0.274. The summed E-state index contributed by atoms with van der Waals surface area (Å²) in [6.07, 6.45) is -4.75. The summed E-state index contributed by atoms with van der Waals surface area (Å²) in [7, 11) is 0. The Morgan fingerprint density at radius 1 is 1.14 bits per heavy atom. The number of ether oxygens (including phenoxy) is 1. The molecule has 0 unspecified atom stereocenters. The summed E-state index contributed by atoms with van der Waals surface area (Å²) in [5, 5.41) is 2.70. The van der Waals surface area contributed by atoms with E-state index in [1.807, 2.05) is 13.0 Å². The van der Waals surface area contributed by atoms with Gasteiger partial charge >= 0.3 is 6.36 Å². The van der Waals surface area contributed by atoms with Crippen molar-refractivity contribution in [2.24, 2.45) is 0 Å². The quantitative estimate of drug-likeness (QED) is 0.829. The smallest absolute Gasteiger partial charge is 0.406 e. The van der Waals surface area contributed by atoms with Gasteiger partial charge < -0.3 is 10.1 Å². The van der Waals surface area contributed by atoms with Gasteiger partial charge in [0.25, 0.3) is 5.91 Å². The van der Waals surface area contributed by atoms with Crippen molar-refractivity contribution in [2.75, 3.05) is 5.32 Å². The van der Waals surface area contributed by atoms with Crippen molar-refractivity contribution in [1.82, 2.24) is 0 Å². The van der Waals surface area contributed by atoms with Crippen molar-refractivity contribution in [3.8, 4) is 5.75 Å². The van der Waals surface area contributed by atoms with Crippen molar-refractivity contribution in [1.29, 1.82) is 0 Å². The van der Waals surface area contributed by atoms with E-state index in [1.165, 1.54) is 12.1 Å². The highest BCUT2D eigenvalue weighted by Crippen LogP contribution is 2.24. The lowest BCUT2D eigenvalue weighted by Gasteiger charge is -2.10. The highest BCUT2D eigenvalue weighted by Gasteiger charge is 2.31. The van der Waals surface area contributed by atoms with Crippen molar-refractivity contribution in [3.63, 3.8) is 0 Å². The monoisotopic (exact) mass is 373 g/mol. The lowest BCUT2D eigenvalue weighted by atomic mass is 10.1. The third-order valence-corrected chi connectivity index (χ3v) is 3.28. The van der Waals surface area contributed by atoms with Gasteiger partial charge in [0, 0.05) is 15.7 Å². The van der Waals surface area contributed by atoms with Crippen molar-refractivity contribution in [3.05, 3.63) is 58.1 Å². The van der Waals surface area contributed by atoms with Crippen LogP contribution < -0.4 is 10.1 Å². The minimum Gasteiger partial charge on any atom is -0.406 e. The average Bonchev–Trinajstić information content (AvgIpc) is 2.41. The van der Waals surface area contributed by atoms with E-state index in [4.69, 9.17) is 0 Å². The number of amides is 1. The van der Waals surface area contributed by atoms with Crippen LogP contribution in [-0.2, 0) is 0 Å². The predicted octanol–water partition coefficient (Wildman–Crippen LogP) is 4.91. The molecular weight excluding hydrogens is 363 g/mol. The first-order chi connectivity index (χ1) is 10.2. The third-order valence-electron chi connectivity index (χ3n) is 2.79. The van der Waals surface area contributed by atoms with Crippen LogP contribution in [0.5, 0.6) is 5.75 Å². The van der Waals surface area contributed by atoms with E-state index in [1.54, 1.807) is 12.1 Å². The van der Waals surface area contributed by atoms with Crippen LogP contribution in [0.2, 0.25) is 0 Å². The number of anilines is 1. The molecule has 0 radical (unpaired) electrons. The first kappa shape index (κ1) is 16.4. The molecule has 22 heavy (non-hydrogen) atoms. The topological polar surface area (TPSA) is 38.3 Å². The van der Waals surface area contributed by atoms with Crippen LogP contribution in [0.3, 0.4) is 0 Å². The molecule has 0 fully saturated rings. The van der Waals surface area contributed by atoms with Gasteiger partial charge in [0.15, 0.2) is 0 Å². The van der Waals surface area contributed by atoms with Crippen LogP contribution in [0.15, 0.2) is 46.9 Å². The maximum Gasteiger partial charge on any atom is 0.573 e. The van der Waals surface area contributed by atoms with Crippen LogP contribution in [0, 0.1) is 6.92 Å². The van der Waals surface area contributed by atoms with Crippen LogP contribution in [0.4, 0.5) is 18.9 Å². The molecule has 2 rings (SSSR count). The van der Waals surface area contributed by atoms with E-state index in [9.17, 15) is 18.0 Å². The molecule has 2 aromatic carbocycles. The summed E-state index contributed by atoms with van der Waals surface area (Å²) in [6, 6.07) is 10.1. The van der Waals surface area contributed by atoms with Gasteiger partial charge in [0.2, 0.25) is 0 Å². The molecule has 0 aliphatic carbocycles. The molecule has 7 heteroatoms. The number of benzene rings is 2. The van der Waals surface area contributed by atoms with Gasteiger partial charge in [-0.15, -0.1) is 13.2 Å². The Balaban J connectivity index is 2.10. The third kappa shape index (κ3) is 4.49. The number of carbonyl (C=O) groups excluding carboxylic acids is 1. The Morgan fingerprint density at radius 2 is 1.77 bits per heavy atom. The number of rotatable bonds is 3. The second kappa shape index (κ2) is 6.39. The number of nitrogens with one attached hydrogen (secondary N) is 1. The summed E-state index contributed by atoms with van der Waals surface area (Å²) < 4.78 is 40.8. The van der Waals surface area contributed by atoms with Gasteiger partial charge in [-0.1, -0.05) is 15.9 Å². The fourth-order valence-corrected chi connectivity index (χ4v) is 2.25. The first-order valence-electron chi connectivity index (χ1n) is 6.18. The number of alkyl halides is 3. The molecule has 0 saturated carbocycles.